The topological polar surface area (TPSA) is 3.24 Å². The van der Waals surface area contributed by atoms with Gasteiger partial charge in [-0.25, -0.2) is 0 Å². The predicted molar refractivity (Wildman–Crippen MR) is 261 cm³/mol. The van der Waals surface area contributed by atoms with Gasteiger partial charge in [-0.1, -0.05) is 212 Å². The third-order valence-electron chi connectivity index (χ3n) is 12.1. The molecular weight excluding hydrogens is 735 g/mol. The molecule has 0 bridgehead atoms. The van der Waals surface area contributed by atoms with Gasteiger partial charge in [0.05, 0.1) is 0 Å². The molecule has 1 heteroatoms. The van der Waals surface area contributed by atoms with Crippen molar-refractivity contribution in [2.45, 2.75) is 0 Å². The fourth-order valence-corrected chi connectivity index (χ4v) is 9.15. The normalized spacial score (nSPS) is 11.3. The second-order valence-corrected chi connectivity index (χ2v) is 15.7. The highest BCUT2D eigenvalue weighted by atomic mass is 15.1. The van der Waals surface area contributed by atoms with E-state index in [0.717, 1.165) is 17.1 Å². The molecule has 0 fully saturated rings. The molecule has 11 rings (SSSR count). The van der Waals surface area contributed by atoms with Crippen molar-refractivity contribution in [3.05, 3.63) is 249 Å². The smallest absolute Gasteiger partial charge is 0.0468 e. The molecule has 0 aliphatic rings. The summed E-state index contributed by atoms with van der Waals surface area (Å²) in [4.78, 5) is 2.42. The van der Waals surface area contributed by atoms with Crippen LogP contribution in [0.15, 0.2) is 249 Å². The van der Waals surface area contributed by atoms with Gasteiger partial charge in [-0.2, -0.15) is 0 Å². The molecule has 0 aliphatic heterocycles. The van der Waals surface area contributed by atoms with Crippen LogP contribution in [0.3, 0.4) is 0 Å². The molecule has 0 aromatic heterocycles. The van der Waals surface area contributed by atoms with Gasteiger partial charge in [0.25, 0.3) is 0 Å². The van der Waals surface area contributed by atoms with E-state index in [1.807, 2.05) is 0 Å². The first-order valence-corrected chi connectivity index (χ1v) is 21.0. The maximum absolute atomic E-state index is 2.42. The lowest BCUT2D eigenvalue weighted by Crippen LogP contribution is -2.10. The van der Waals surface area contributed by atoms with Crippen LogP contribution < -0.4 is 4.90 Å². The molecule has 0 amide bonds. The Morgan fingerprint density at radius 1 is 0.197 bits per heavy atom. The summed E-state index contributed by atoms with van der Waals surface area (Å²) in [6, 6.07) is 90.5. The number of rotatable bonds is 8. The molecule has 0 N–H and O–H groups in total. The molecule has 1 nitrogen and oxygen atoms in total. The number of hydrogen-bond acceptors (Lipinski definition) is 1. The number of anilines is 3. The predicted octanol–water partition coefficient (Wildman–Crippen LogP) is 17.0. The van der Waals surface area contributed by atoms with Gasteiger partial charge in [-0.05, 0) is 124 Å². The number of nitrogens with zero attached hydrogens (tertiary/aromatic N) is 1. The molecule has 286 valence electrons. The average molecular weight is 776 g/mol. The maximum atomic E-state index is 2.42. The van der Waals surface area contributed by atoms with Gasteiger partial charge in [-0.15, -0.1) is 0 Å². The van der Waals surface area contributed by atoms with Gasteiger partial charge in [0.2, 0.25) is 0 Å². The van der Waals surface area contributed by atoms with Crippen molar-refractivity contribution in [1.82, 2.24) is 0 Å². The zero-order valence-corrected chi connectivity index (χ0v) is 33.6. The Kier molecular flexibility index (Phi) is 9.26. The molecule has 11 aromatic rings. The SMILES string of the molecule is c1ccc(-c2ccccc2-c2ccccc2-c2ccc(N(c3ccc(-c4cccc5ccccc45)cc3)c3ccc4ccc5ccccc5c4c3)cc2-c2ccccc2)cc1. The molecule has 0 spiro atoms. The van der Waals surface area contributed by atoms with Crippen molar-refractivity contribution in [1.29, 1.82) is 0 Å². The summed E-state index contributed by atoms with van der Waals surface area (Å²) in [6.07, 6.45) is 0. The first-order valence-electron chi connectivity index (χ1n) is 21.0. The molecular formula is C60H41N. The van der Waals surface area contributed by atoms with E-state index >= 15 is 0 Å². The van der Waals surface area contributed by atoms with Gasteiger partial charge >= 0.3 is 0 Å². The Morgan fingerprint density at radius 2 is 0.607 bits per heavy atom. The number of hydrogen-bond donors (Lipinski definition) is 0. The van der Waals surface area contributed by atoms with Gasteiger partial charge in [-0.3, -0.25) is 0 Å². The Balaban J connectivity index is 1.11. The zero-order chi connectivity index (χ0) is 40.5. The van der Waals surface area contributed by atoms with Crippen molar-refractivity contribution in [2.24, 2.45) is 0 Å². The Labute approximate surface area is 357 Å². The van der Waals surface area contributed by atoms with Crippen molar-refractivity contribution < 1.29 is 0 Å². The number of benzene rings is 11. The van der Waals surface area contributed by atoms with Gasteiger partial charge in [0.15, 0.2) is 0 Å². The maximum Gasteiger partial charge on any atom is 0.0468 e. The Bertz CT molecular complexity index is 3340. The summed E-state index contributed by atoms with van der Waals surface area (Å²) in [5, 5.41) is 7.45. The first-order chi connectivity index (χ1) is 30.3. The van der Waals surface area contributed by atoms with E-state index in [-0.39, 0.29) is 0 Å². The second kappa shape index (κ2) is 15.6. The van der Waals surface area contributed by atoms with Crippen molar-refractivity contribution in [3.63, 3.8) is 0 Å². The summed E-state index contributed by atoms with van der Waals surface area (Å²) in [7, 11) is 0. The zero-order valence-electron chi connectivity index (χ0n) is 33.6. The summed E-state index contributed by atoms with van der Waals surface area (Å²) in [5.41, 5.74) is 15.3. The van der Waals surface area contributed by atoms with E-state index < -0.39 is 0 Å². The van der Waals surface area contributed by atoms with E-state index in [4.69, 9.17) is 0 Å². The van der Waals surface area contributed by atoms with E-state index in [2.05, 4.69) is 254 Å². The Hall–Kier alpha value is -8.00. The van der Waals surface area contributed by atoms with Crippen LogP contribution in [-0.2, 0) is 0 Å². The van der Waals surface area contributed by atoms with Crippen LogP contribution in [0.5, 0.6) is 0 Å². The standard InChI is InChI=1S/C60H41N/c1-3-16-42(17-4-1)53-24-11-12-26-55(53)56-27-13-14-28-57(56)58-39-38-50(41-60(58)44-18-5-2-6-19-44)61(49-37-34-47-31-30-45-21-8-10-25-54(45)59(47)40-49)48-35-32-46(33-36-48)52-29-15-22-43-20-7-9-23-51(43)52/h1-41H. The molecule has 0 radical (unpaired) electrons. The van der Waals surface area contributed by atoms with E-state index in [1.54, 1.807) is 0 Å². The quantitative estimate of drug-likeness (QED) is 0.139. The number of fused-ring (bicyclic) bond motifs is 4. The molecule has 11 aromatic carbocycles. The fourth-order valence-electron chi connectivity index (χ4n) is 9.15. The minimum absolute atomic E-state index is 1.09. The monoisotopic (exact) mass is 775 g/mol. The molecule has 0 saturated carbocycles. The lowest BCUT2D eigenvalue weighted by molar-refractivity contribution is 1.29. The van der Waals surface area contributed by atoms with Gasteiger partial charge < -0.3 is 4.90 Å². The average Bonchev–Trinajstić information content (AvgIpc) is 3.34. The van der Waals surface area contributed by atoms with Crippen LogP contribution in [0.2, 0.25) is 0 Å². The van der Waals surface area contributed by atoms with E-state index in [0.29, 0.717) is 0 Å². The molecule has 0 atom stereocenters. The van der Waals surface area contributed by atoms with Crippen LogP contribution in [0.25, 0.3) is 88.0 Å². The highest BCUT2D eigenvalue weighted by Crippen LogP contribution is 2.45. The second-order valence-electron chi connectivity index (χ2n) is 15.7. The lowest BCUT2D eigenvalue weighted by atomic mass is 9.86. The van der Waals surface area contributed by atoms with Gasteiger partial charge in [0, 0.05) is 17.1 Å². The third kappa shape index (κ3) is 6.73. The summed E-state index contributed by atoms with van der Waals surface area (Å²) in [5.74, 6) is 0. The van der Waals surface area contributed by atoms with E-state index in [9.17, 15) is 0 Å². The van der Waals surface area contributed by atoms with Crippen LogP contribution in [0.1, 0.15) is 0 Å². The third-order valence-corrected chi connectivity index (χ3v) is 12.1. The largest absolute Gasteiger partial charge is 0.310 e. The van der Waals surface area contributed by atoms with Crippen molar-refractivity contribution in [2.75, 3.05) is 4.90 Å². The van der Waals surface area contributed by atoms with Crippen molar-refractivity contribution in [3.8, 4) is 55.6 Å². The molecule has 0 aliphatic carbocycles. The van der Waals surface area contributed by atoms with Crippen LogP contribution in [0.4, 0.5) is 17.1 Å². The molecule has 0 saturated heterocycles. The molecule has 61 heavy (non-hydrogen) atoms. The highest BCUT2D eigenvalue weighted by Gasteiger charge is 2.20. The van der Waals surface area contributed by atoms with Gasteiger partial charge in [0.1, 0.15) is 0 Å². The Morgan fingerprint density at radius 3 is 1.30 bits per heavy atom. The fraction of sp³-hybridized carbons (Fsp3) is 0. The summed E-state index contributed by atoms with van der Waals surface area (Å²) < 4.78 is 0. The molecule has 0 unspecified atom stereocenters. The minimum Gasteiger partial charge on any atom is -0.310 e. The summed E-state index contributed by atoms with van der Waals surface area (Å²) >= 11 is 0. The highest BCUT2D eigenvalue weighted by molar-refractivity contribution is 6.09. The summed E-state index contributed by atoms with van der Waals surface area (Å²) in [6.45, 7) is 0. The minimum atomic E-state index is 1.09. The van der Waals surface area contributed by atoms with E-state index in [1.165, 1.54) is 88.0 Å². The van der Waals surface area contributed by atoms with Crippen LogP contribution in [-0.4, -0.2) is 0 Å². The first kappa shape index (κ1) is 36.1. The lowest BCUT2D eigenvalue weighted by Gasteiger charge is -2.28. The van der Waals surface area contributed by atoms with Crippen molar-refractivity contribution >= 4 is 49.4 Å². The van der Waals surface area contributed by atoms with Crippen LogP contribution in [0, 0.1) is 0 Å². The van der Waals surface area contributed by atoms with Crippen LogP contribution >= 0.6 is 0 Å². The molecule has 0 heterocycles.